The van der Waals surface area contributed by atoms with Crippen LogP contribution in [-0.4, -0.2) is 39.2 Å². The molecular formula is C12H20N2O2S2. The maximum atomic E-state index is 11.0. The smallest absolute Gasteiger partial charge is 0.208 e. The van der Waals surface area contributed by atoms with Crippen molar-refractivity contribution in [1.29, 1.82) is 0 Å². The van der Waals surface area contributed by atoms with Gasteiger partial charge in [-0.2, -0.15) is 0 Å². The van der Waals surface area contributed by atoms with Crippen molar-refractivity contribution in [3.8, 4) is 0 Å². The summed E-state index contributed by atoms with van der Waals surface area (Å²) in [5.41, 5.74) is 0. The van der Waals surface area contributed by atoms with Crippen molar-refractivity contribution in [2.24, 2.45) is 5.92 Å². The molecule has 4 nitrogen and oxygen atoms in total. The first-order valence-electron chi connectivity index (χ1n) is 6.22. The molecular weight excluding hydrogens is 268 g/mol. The van der Waals surface area contributed by atoms with Gasteiger partial charge in [0.05, 0.1) is 6.26 Å². The molecule has 1 aliphatic heterocycles. The van der Waals surface area contributed by atoms with E-state index in [4.69, 9.17) is 0 Å². The van der Waals surface area contributed by atoms with Gasteiger partial charge in [0.15, 0.2) is 0 Å². The van der Waals surface area contributed by atoms with Gasteiger partial charge in [-0.25, -0.2) is 13.1 Å². The third kappa shape index (κ3) is 4.68. The standard InChI is InChI=1S/C12H20N2O2S2/c1-18(15,16)13-9-11-4-6-14(7-5-11)10-12-3-2-8-17-12/h2-3,8,11,13H,4-7,9-10H2,1H3. The lowest BCUT2D eigenvalue weighted by Crippen LogP contribution is -2.37. The summed E-state index contributed by atoms with van der Waals surface area (Å²) in [6.07, 6.45) is 3.38. The van der Waals surface area contributed by atoms with Gasteiger partial charge in [-0.05, 0) is 43.3 Å². The van der Waals surface area contributed by atoms with Crippen LogP contribution in [-0.2, 0) is 16.6 Å². The minimum atomic E-state index is -3.04. The number of nitrogens with zero attached hydrogens (tertiary/aromatic N) is 1. The average Bonchev–Trinajstić information content (AvgIpc) is 2.80. The van der Waals surface area contributed by atoms with Crippen LogP contribution in [0.3, 0.4) is 0 Å². The Morgan fingerprint density at radius 1 is 1.44 bits per heavy atom. The van der Waals surface area contributed by atoms with Crippen LogP contribution in [0.15, 0.2) is 17.5 Å². The largest absolute Gasteiger partial charge is 0.298 e. The third-order valence-electron chi connectivity index (χ3n) is 3.30. The van der Waals surface area contributed by atoms with Crippen molar-refractivity contribution in [3.05, 3.63) is 22.4 Å². The normalized spacial score (nSPS) is 19.2. The van der Waals surface area contributed by atoms with Crippen molar-refractivity contribution in [3.63, 3.8) is 0 Å². The minimum Gasteiger partial charge on any atom is -0.298 e. The Hall–Kier alpha value is -0.430. The highest BCUT2D eigenvalue weighted by Crippen LogP contribution is 2.20. The van der Waals surface area contributed by atoms with Crippen LogP contribution in [0.2, 0.25) is 0 Å². The summed E-state index contributed by atoms with van der Waals surface area (Å²) in [5, 5.41) is 2.11. The van der Waals surface area contributed by atoms with Gasteiger partial charge in [-0.3, -0.25) is 4.90 Å². The molecule has 0 atom stereocenters. The SMILES string of the molecule is CS(=O)(=O)NCC1CCN(Cc2cccs2)CC1. The molecule has 1 fully saturated rings. The number of thiophene rings is 1. The Morgan fingerprint density at radius 2 is 2.17 bits per heavy atom. The van der Waals surface area contributed by atoms with E-state index in [9.17, 15) is 8.42 Å². The lowest BCUT2D eigenvalue weighted by molar-refractivity contribution is 0.180. The summed E-state index contributed by atoms with van der Waals surface area (Å²) in [5.74, 6) is 0.485. The topological polar surface area (TPSA) is 49.4 Å². The molecule has 0 aliphatic carbocycles. The van der Waals surface area contributed by atoms with E-state index in [-0.39, 0.29) is 0 Å². The maximum absolute atomic E-state index is 11.0. The number of sulfonamides is 1. The molecule has 2 heterocycles. The van der Waals surface area contributed by atoms with E-state index in [0.717, 1.165) is 32.5 Å². The third-order valence-corrected chi connectivity index (χ3v) is 4.85. The maximum Gasteiger partial charge on any atom is 0.208 e. The molecule has 1 aromatic rings. The number of nitrogens with one attached hydrogen (secondary N) is 1. The molecule has 0 bridgehead atoms. The first kappa shape index (κ1) is 14.0. The Morgan fingerprint density at radius 3 is 2.72 bits per heavy atom. The van der Waals surface area contributed by atoms with Crippen LogP contribution in [0.1, 0.15) is 17.7 Å². The van der Waals surface area contributed by atoms with Gasteiger partial charge in [0, 0.05) is 18.0 Å². The van der Waals surface area contributed by atoms with Gasteiger partial charge >= 0.3 is 0 Å². The van der Waals surface area contributed by atoms with Crippen LogP contribution in [0.5, 0.6) is 0 Å². The molecule has 1 saturated heterocycles. The monoisotopic (exact) mass is 288 g/mol. The van der Waals surface area contributed by atoms with Crippen LogP contribution in [0.25, 0.3) is 0 Å². The van der Waals surface area contributed by atoms with E-state index in [0.29, 0.717) is 12.5 Å². The van der Waals surface area contributed by atoms with E-state index in [2.05, 4.69) is 27.1 Å². The van der Waals surface area contributed by atoms with E-state index in [1.54, 1.807) is 11.3 Å². The Balaban J connectivity index is 1.71. The quantitative estimate of drug-likeness (QED) is 0.893. The van der Waals surface area contributed by atoms with E-state index >= 15 is 0 Å². The summed E-state index contributed by atoms with van der Waals surface area (Å²) in [6.45, 7) is 3.75. The summed E-state index contributed by atoms with van der Waals surface area (Å²) in [6, 6.07) is 4.25. The molecule has 1 N–H and O–H groups in total. The number of piperidine rings is 1. The van der Waals surface area contributed by atoms with E-state index in [1.165, 1.54) is 11.1 Å². The second-order valence-electron chi connectivity index (χ2n) is 4.92. The van der Waals surface area contributed by atoms with E-state index < -0.39 is 10.0 Å². The summed E-state index contributed by atoms with van der Waals surface area (Å²) < 4.78 is 24.7. The van der Waals surface area contributed by atoms with Gasteiger partial charge < -0.3 is 0 Å². The molecule has 0 radical (unpaired) electrons. The Labute approximate surface area is 113 Å². The fourth-order valence-electron chi connectivity index (χ4n) is 2.24. The van der Waals surface area contributed by atoms with Crippen molar-refractivity contribution < 1.29 is 8.42 Å². The molecule has 1 aromatic heterocycles. The molecule has 0 saturated carbocycles. The summed E-state index contributed by atoms with van der Waals surface area (Å²) in [7, 11) is -3.04. The number of rotatable bonds is 5. The van der Waals surface area contributed by atoms with Crippen molar-refractivity contribution in [1.82, 2.24) is 9.62 Å². The lowest BCUT2D eigenvalue weighted by Gasteiger charge is -2.31. The first-order chi connectivity index (χ1) is 8.53. The minimum absolute atomic E-state index is 0.485. The molecule has 0 spiro atoms. The lowest BCUT2D eigenvalue weighted by atomic mass is 9.97. The van der Waals surface area contributed by atoms with E-state index in [1.807, 2.05) is 0 Å². The zero-order valence-corrected chi connectivity index (χ0v) is 12.3. The van der Waals surface area contributed by atoms with Crippen molar-refractivity contribution in [2.75, 3.05) is 25.9 Å². The zero-order chi connectivity index (χ0) is 13.0. The predicted molar refractivity (Wildman–Crippen MR) is 75.2 cm³/mol. The first-order valence-corrected chi connectivity index (χ1v) is 8.99. The van der Waals surface area contributed by atoms with Crippen LogP contribution in [0.4, 0.5) is 0 Å². The molecule has 1 aliphatic rings. The number of likely N-dealkylation sites (tertiary alicyclic amines) is 1. The molecule has 102 valence electrons. The molecule has 0 amide bonds. The van der Waals surface area contributed by atoms with Gasteiger partial charge in [0.2, 0.25) is 10.0 Å². The Bertz CT molecular complexity index is 448. The molecule has 0 aromatic carbocycles. The fraction of sp³-hybridized carbons (Fsp3) is 0.667. The van der Waals surface area contributed by atoms with Crippen LogP contribution < -0.4 is 4.72 Å². The van der Waals surface area contributed by atoms with Gasteiger partial charge in [0.25, 0.3) is 0 Å². The second-order valence-corrected chi connectivity index (χ2v) is 7.78. The molecule has 2 rings (SSSR count). The van der Waals surface area contributed by atoms with Gasteiger partial charge in [0.1, 0.15) is 0 Å². The van der Waals surface area contributed by atoms with Gasteiger partial charge in [-0.1, -0.05) is 6.07 Å². The highest BCUT2D eigenvalue weighted by atomic mass is 32.2. The molecule has 18 heavy (non-hydrogen) atoms. The molecule has 6 heteroatoms. The highest BCUT2D eigenvalue weighted by Gasteiger charge is 2.20. The van der Waals surface area contributed by atoms with Crippen LogP contribution in [0, 0.1) is 5.92 Å². The zero-order valence-electron chi connectivity index (χ0n) is 10.6. The van der Waals surface area contributed by atoms with Crippen LogP contribution >= 0.6 is 11.3 Å². The number of hydrogen-bond donors (Lipinski definition) is 1. The number of hydrogen-bond acceptors (Lipinski definition) is 4. The molecule has 0 unspecified atom stereocenters. The predicted octanol–water partition coefficient (Wildman–Crippen LogP) is 1.51. The average molecular weight is 288 g/mol. The highest BCUT2D eigenvalue weighted by molar-refractivity contribution is 7.88. The fourth-order valence-corrected chi connectivity index (χ4v) is 3.53. The Kier molecular flexibility index (Phi) is 4.77. The summed E-state index contributed by atoms with van der Waals surface area (Å²) >= 11 is 1.80. The summed E-state index contributed by atoms with van der Waals surface area (Å²) in [4.78, 5) is 3.85. The van der Waals surface area contributed by atoms with Crippen molar-refractivity contribution in [2.45, 2.75) is 19.4 Å². The van der Waals surface area contributed by atoms with Crippen molar-refractivity contribution >= 4 is 21.4 Å². The second kappa shape index (κ2) is 6.14. The van der Waals surface area contributed by atoms with Gasteiger partial charge in [-0.15, -0.1) is 11.3 Å².